The number of phenolic OH excluding ortho intramolecular Hbond substituents is 1. The molecule has 2 aromatic rings. The summed E-state index contributed by atoms with van der Waals surface area (Å²) in [6, 6.07) is 13.7. The molecule has 2 aromatic carbocycles. The molecule has 1 aliphatic heterocycles. The van der Waals surface area contributed by atoms with Crippen molar-refractivity contribution in [3.63, 3.8) is 0 Å². The fourth-order valence-corrected chi connectivity index (χ4v) is 2.59. The molecule has 1 heterocycles. The quantitative estimate of drug-likeness (QED) is 0.697. The van der Waals surface area contributed by atoms with Gasteiger partial charge in [-0.3, -0.25) is 15.1 Å². The first-order valence-corrected chi connectivity index (χ1v) is 6.97. The van der Waals surface area contributed by atoms with Crippen molar-refractivity contribution < 1.29 is 10.0 Å². The molecule has 6 nitrogen and oxygen atoms in total. The van der Waals surface area contributed by atoms with Crippen LogP contribution in [-0.2, 0) is 0 Å². The van der Waals surface area contributed by atoms with Gasteiger partial charge >= 0.3 is 0 Å². The Hall–Kier alpha value is -2.89. The van der Waals surface area contributed by atoms with Gasteiger partial charge in [0.2, 0.25) is 0 Å². The SMILES string of the molecule is O=[N+]([O-])c1ccccc1C1=NCN(c2ccccc2O)CC1. The molecular formula is C16H15N3O3. The Morgan fingerprint density at radius 3 is 2.55 bits per heavy atom. The first-order chi connectivity index (χ1) is 10.7. The van der Waals surface area contributed by atoms with Gasteiger partial charge in [-0.05, 0) is 18.2 Å². The smallest absolute Gasteiger partial charge is 0.278 e. The minimum absolute atomic E-state index is 0.0808. The zero-order chi connectivity index (χ0) is 15.5. The van der Waals surface area contributed by atoms with Crippen LogP contribution in [0.1, 0.15) is 12.0 Å². The van der Waals surface area contributed by atoms with Gasteiger partial charge < -0.3 is 10.0 Å². The van der Waals surface area contributed by atoms with E-state index in [0.717, 1.165) is 11.4 Å². The van der Waals surface area contributed by atoms with Gasteiger partial charge in [-0.2, -0.15) is 0 Å². The van der Waals surface area contributed by atoms with Gasteiger partial charge in [0.25, 0.3) is 5.69 Å². The van der Waals surface area contributed by atoms with Crippen LogP contribution in [0.25, 0.3) is 0 Å². The summed E-state index contributed by atoms with van der Waals surface area (Å²) in [6.07, 6.45) is 0.596. The first-order valence-electron chi connectivity index (χ1n) is 6.97. The van der Waals surface area contributed by atoms with E-state index < -0.39 is 0 Å². The number of nitro benzene ring substituents is 1. The standard InChI is InChI=1S/C16H15N3O3/c20-16-8-4-3-7-15(16)18-10-9-13(17-11-18)12-5-1-2-6-14(12)19(21)22/h1-8,20H,9-11H2. The van der Waals surface area contributed by atoms with Crippen molar-refractivity contribution in [3.05, 3.63) is 64.2 Å². The average molecular weight is 297 g/mol. The van der Waals surface area contributed by atoms with Crippen molar-refractivity contribution in [3.8, 4) is 5.75 Å². The van der Waals surface area contributed by atoms with E-state index in [2.05, 4.69) is 4.99 Å². The fourth-order valence-electron chi connectivity index (χ4n) is 2.59. The summed E-state index contributed by atoms with van der Waals surface area (Å²) in [5.41, 5.74) is 2.12. The zero-order valence-corrected chi connectivity index (χ0v) is 11.8. The maximum atomic E-state index is 11.1. The van der Waals surface area contributed by atoms with Crippen molar-refractivity contribution in [1.82, 2.24) is 0 Å². The highest BCUT2D eigenvalue weighted by Gasteiger charge is 2.22. The maximum absolute atomic E-state index is 11.1. The summed E-state index contributed by atoms with van der Waals surface area (Å²) in [5, 5.41) is 21.0. The van der Waals surface area contributed by atoms with Gasteiger partial charge in [-0.15, -0.1) is 0 Å². The maximum Gasteiger partial charge on any atom is 0.278 e. The van der Waals surface area contributed by atoms with Crippen LogP contribution < -0.4 is 4.90 Å². The van der Waals surface area contributed by atoms with Crippen LogP contribution in [0.2, 0.25) is 0 Å². The van der Waals surface area contributed by atoms with E-state index in [1.807, 2.05) is 17.0 Å². The highest BCUT2D eigenvalue weighted by Crippen LogP contribution is 2.29. The molecular weight excluding hydrogens is 282 g/mol. The molecule has 3 rings (SSSR count). The van der Waals surface area contributed by atoms with Gasteiger partial charge in [0.1, 0.15) is 12.4 Å². The minimum Gasteiger partial charge on any atom is -0.506 e. The second-order valence-corrected chi connectivity index (χ2v) is 5.02. The van der Waals surface area contributed by atoms with Crippen molar-refractivity contribution >= 4 is 17.1 Å². The summed E-state index contributed by atoms with van der Waals surface area (Å²) in [6.45, 7) is 1.03. The van der Waals surface area contributed by atoms with Gasteiger partial charge in [0.15, 0.2) is 0 Å². The number of aliphatic imine (C=N–C) groups is 1. The van der Waals surface area contributed by atoms with Gasteiger partial charge in [-0.1, -0.05) is 24.3 Å². The van der Waals surface area contributed by atoms with Crippen LogP contribution in [0.3, 0.4) is 0 Å². The Morgan fingerprint density at radius 1 is 1.14 bits per heavy atom. The summed E-state index contributed by atoms with van der Waals surface area (Å²) < 4.78 is 0. The van der Waals surface area contributed by atoms with E-state index in [4.69, 9.17) is 0 Å². The molecule has 0 radical (unpaired) electrons. The Kier molecular flexibility index (Phi) is 3.74. The number of rotatable bonds is 3. The number of benzene rings is 2. The monoisotopic (exact) mass is 297 g/mol. The second-order valence-electron chi connectivity index (χ2n) is 5.02. The number of anilines is 1. The molecule has 1 N–H and O–H groups in total. The molecule has 22 heavy (non-hydrogen) atoms. The molecule has 0 spiro atoms. The van der Waals surface area contributed by atoms with E-state index in [9.17, 15) is 15.2 Å². The molecule has 0 atom stereocenters. The predicted octanol–water partition coefficient (Wildman–Crippen LogP) is 2.96. The number of para-hydroxylation sites is 3. The lowest BCUT2D eigenvalue weighted by Crippen LogP contribution is -2.31. The van der Waals surface area contributed by atoms with Crippen LogP contribution in [0.5, 0.6) is 5.75 Å². The number of aromatic hydroxyl groups is 1. The van der Waals surface area contributed by atoms with E-state index in [0.29, 0.717) is 25.2 Å². The molecule has 0 aromatic heterocycles. The van der Waals surface area contributed by atoms with Crippen LogP contribution in [0.15, 0.2) is 53.5 Å². The van der Waals surface area contributed by atoms with Crippen molar-refractivity contribution in [2.75, 3.05) is 18.1 Å². The van der Waals surface area contributed by atoms with Crippen LogP contribution in [0, 0.1) is 10.1 Å². The van der Waals surface area contributed by atoms with Crippen molar-refractivity contribution in [2.24, 2.45) is 4.99 Å². The van der Waals surface area contributed by atoms with Gasteiger partial charge in [0, 0.05) is 19.0 Å². The van der Waals surface area contributed by atoms with E-state index in [1.54, 1.807) is 30.3 Å². The lowest BCUT2D eigenvalue weighted by molar-refractivity contribution is -0.385. The fraction of sp³-hybridized carbons (Fsp3) is 0.188. The molecule has 0 saturated heterocycles. The number of phenols is 1. The highest BCUT2D eigenvalue weighted by atomic mass is 16.6. The first kappa shape index (κ1) is 14.1. The Balaban J connectivity index is 1.86. The second kappa shape index (κ2) is 5.85. The average Bonchev–Trinajstić information content (AvgIpc) is 2.55. The van der Waals surface area contributed by atoms with Crippen LogP contribution in [-0.4, -0.2) is 29.0 Å². The molecule has 1 aliphatic rings. The lowest BCUT2D eigenvalue weighted by Gasteiger charge is -2.28. The molecule has 0 bridgehead atoms. The molecule has 0 aliphatic carbocycles. The Bertz CT molecular complexity index is 743. The number of nitro groups is 1. The van der Waals surface area contributed by atoms with E-state index >= 15 is 0 Å². The largest absolute Gasteiger partial charge is 0.506 e. The van der Waals surface area contributed by atoms with Crippen molar-refractivity contribution in [2.45, 2.75) is 6.42 Å². The summed E-state index contributed by atoms with van der Waals surface area (Å²) in [5.74, 6) is 0.215. The topological polar surface area (TPSA) is 79.0 Å². The summed E-state index contributed by atoms with van der Waals surface area (Å²) >= 11 is 0. The minimum atomic E-state index is -0.382. The molecule has 0 fully saturated rings. The highest BCUT2D eigenvalue weighted by molar-refractivity contribution is 6.04. The predicted molar refractivity (Wildman–Crippen MR) is 84.6 cm³/mol. The number of hydrogen-bond acceptors (Lipinski definition) is 5. The summed E-state index contributed by atoms with van der Waals surface area (Å²) in [4.78, 5) is 17.1. The van der Waals surface area contributed by atoms with Crippen molar-refractivity contribution in [1.29, 1.82) is 0 Å². The van der Waals surface area contributed by atoms with Gasteiger partial charge in [-0.25, -0.2) is 0 Å². The van der Waals surface area contributed by atoms with Gasteiger partial charge in [0.05, 0.1) is 21.9 Å². The normalized spacial score (nSPS) is 14.5. The van der Waals surface area contributed by atoms with E-state index in [1.165, 1.54) is 6.07 Å². The Labute approximate surface area is 127 Å². The molecule has 0 amide bonds. The third kappa shape index (κ3) is 2.63. The third-order valence-electron chi connectivity index (χ3n) is 3.68. The van der Waals surface area contributed by atoms with Crippen LogP contribution in [0.4, 0.5) is 11.4 Å². The molecule has 112 valence electrons. The number of nitrogens with zero attached hydrogens (tertiary/aromatic N) is 3. The summed E-state index contributed by atoms with van der Waals surface area (Å²) in [7, 11) is 0. The van der Waals surface area contributed by atoms with Crippen LogP contribution >= 0.6 is 0 Å². The molecule has 6 heteroatoms. The lowest BCUT2D eigenvalue weighted by atomic mass is 10.0. The zero-order valence-electron chi connectivity index (χ0n) is 11.8. The number of hydrogen-bond donors (Lipinski definition) is 1. The molecule has 0 unspecified atom stereocenters. The van der Waals surface area contributed by atoms with E-state index in [-0.39, 0.29) is 16.4 Å². The Morgan fingerprint density at radius 2 is 1.86 bits per heavy atom. The molecule has 0 saturated carbocycles. The third-order valence-corrected chi connectivity index (χ3v) is 3.68.